The van der Waals surface area contributed by atoms with Gasteiger partial charge in [0.05, 0.1) is 23.3 Å². The van der Waals surface area contributed by atoms with Crippen LogP contribution in [0, 0.1) is 6.92 Å². The zero-order valence-corrected chi connectivity index (χ0v) is 17.8. The maximum absolute atomic E-state index is 13.3. The number of amides is 1. The van der Waals surface area contributed by atoms with Gasteiger partial charge in [-0.1, -0.05) is 35.9 Å². The molecule has 0 aromatic heterocycles. The smallest absolute Gasteiger partial charge is 0.337 e. The summed E-state index contributed by atoms with van der Waals surface area (Å²) in [5.74, 6) is -1.06. The summed E-state index contributed by atoms with van der Waals surface area (Å²) in [6.07, 6.45) is 0. The fourth-order valence-corrected chi connectivity index (χ4v) is 5.24. The lowest BCUT2D eigenvalue weighted by Gasteiger charge is -2.31. The van der Waals surface area contributed by atoms with E-state index < -0.39 is 28.4 Å². The molecule has 4 rings (SSSR count). The van der Waals surface area contributed by atoms with Crippen molar-refractivity contribution in [1.29, 1.82) is 0 Å². The summed E-state index contributed by atoms with van der Waals surface area (Å²) in [5, 5.41) is 2.66. The number of carbonyl (C=O) groups is 2. The van der Waals surface area contributed by atoms with Crippen LogP contribution >= 0.6 is 0 Å². The standard InChI is InChI=1S/C23H20N2O5S/c1-15-10-11-20-19(12-15)18-8-3-4-9-21(18)31(28,29)25(20)14-22(26)24-17-7-5-6-16(13-17)23(27)30-2/h3-13H,14H2,1-2H3,(H,24,26). The second-order valence-electron chi connectivity index (χ2n) is 7.15. The van der Waals surface area contributed by atoms with E-state index in [1.807, 2.05) is 19.1 Å². The number of hydrogen-bond donors (Lipinski definition) is 1. The Morgan fingerprint density at radius 2 is 1.74 bits per heavy atom. The van der Waals surface area contributed by atoms with Gasteiger partial charge in [-0.2, -0.15) is 0 Å². The first-order chi connectivity index (χ1) is 14.8. The molecule has 31 heavy (non-hydrogen) atoms. The Hall–Kier alpha value is -3.65. The molecular formula is C23H20N2O5S. The Kier molecular flexibility index (Phi) is 5.24. The lowest BCUT2D eigenvalue weighted by Crippen LogP contribution is -2.40. The second-order valence-corrected chi connectivity index (χ2v) is 8.98. The highest BCUT2D eigenvalue weighted by Crippen LogP contribution is 2.43. The van der Waals surface area contributed by atoms with Gasteiger partial charge in [-0.15, -0.1) is 0 Å². The number of aryl methyl sites for hydroxylation is 1. The zero-order valence-electron chi connectivity index (χ0n) is 17.0. The van der Waals surface area contributed by atoms with Crippen molar-refractivity contribution >= 4 is 33.3 Å². The number of rotatable bonds is 4. The number of methoxy groups -OCH3 is 1. The molecule has 0 fully saturated rings. The molecule has 8 heteroatoms. The predicted octanol–water partition coefficient (Wildman–Crippen LogP) is 3.60. The van der Waals surface area contributed by atoms with Gasteiger partial charge >= 0.3 is 5.97 Å². The molecule has 0 unspecified atom stereocenters. The van der Waals surface area contributed by atoms with Crippen molar-refractivity contribution in [2.24, 2.45) is 0 Å². The normalized spacial score (nSPS) is 13.7. The fourth-order valence-electron chi connectivity index (χ4n) is 3.59. The average molecular weight is 436 g/mol. The van der Waals surface area contributed by atoms with E-state index >= 15 is 0 Å². The third-order valence-electron chi connectivity index (χ3n) is 5.02. The van der Waals surface area contributed by atoms with E-state index in [9.17, 15) is 18.0 Å². The third-order valence-corrected chi connectivity index (χ3v) is 6.84. The molecule has 1 amide bonds. The van der Waals surface area contributed by atoms with E-state index in [-0.39, 0.29) is 10.5 Å². The molecule has 1 heterocycles. The Morgan fingerprint density at radius 3 is 2.52 bits per heavy atom. The van der Waals surface area contributed by atoms with Gasteiger partial charge in [0.15, 0.2) is 0 Å². The molecule has 0 spiro atoms. The highest BCUT2D eigenvalue weighted by Gasteiger charge is 2.35. The third kappa shape index (κ3) is 3.77. The molecule has 0 saturated carbocycles. The molecule has 0 aliphatic carbocycles. The van der Waals surface area contributed by atoms with Gasteiger partial charge in [0, 0.05) is 16.8 Å². The van der Waals surface area contributed by atoms with E-state index in [1.165, 1.54) is 13.2 Å². The van der Waals surface area contributed by atoms with E-state index in [0.717, 1.165) is 15.4 Å². The summed E-state index contributed by atoms with van der Waals surface area (Å²) in [6.45, 7) is 1.52. The summed E-state index contributed by atoms with van der Waals surface area (Å²) >= 11 is 0. The lowest BCUT2D eigenvalue weighted by molar-refractivity contribution is -0.114. The van der Waals surface area contributed by atoms with Crippen LogP contribution in [0.15, 0.2) is 71.6 Å². The van der Waals surface area contributed by atoms with E-state index in [0.29, 0.717) is 16.9 Å². The molecule has 0 saturated heterocycles. The van der Waals surface area contributed by atoms with Crippen molar-refractivity contribution in [2.45, 2.75) is 11.8 Å². The van der Waals surface area contributed by atoms with Crippen LogP contribution in [-0.4, -0.2) is 33.9 Å². The summed E-state index contributed by atoms with van der Waals surface area (Å²) in [4.78, 5) is 24.6. The Morgan fingerprint density at radius 1 is 0.968 bits per heavy atom. The molecule has 1 aliphatic heterocycles. The number of benzene rings is 3. The molecule has 1 N–H and O–H groups in total. The van der Waals surface area contributed by atoms with Crippen molar-refractivity contribution in [3.8, 4) is 11.1 Å². The Bertz CT molecular complexity index is 1300. The van der Waals surface area contributed by atoms with E-state index in [1.54, 1.807) is 48.5 Å². The Balaban J connectivity index is 1.67. The van der Waals surface area contributed by atoms with Crippen molar-refractivity contribution in [2.75, 3.05) is 23.3 Å². The molecule has 3 aromatic carbocycles. The molecule has 0 radical (unpaired) electrons. The van der Waals surface area contributed by atoms with E-state index in [2.05, 4.69) is 10.1 Å². The topological polar surface area (TPSA) is 92.8 Å². The van der Waals surface area contributed by atoms with Gasteiger partial charge in [0.25, 0.3) is 10.0 Å². The van der Waals surface area contributed by atoms with Gasteiger partial charge in [0.2, 0.25) is 5.91 Å². The highest BCUT2D eigenvalue weighted by atomic mass is 32.2. The SMILES string of the molecule is COC(=O)c1cccc(NC(=O)CN2c3ccc(C)cc3-c3ccccc3S2(=O)=O)c1. The van der Waals surface area contributed by atoms with Crippen LogP contribution in [0.3, 0.4) is 0 Å². The number of nitrogens with one attached hydrogen (secondary N) is 1. The largest absolute Gasteiger partial charge is 0.465 e. The molecule has 3 aromatic rings. The maximum Gasteiger partial charge on any atom is 0.337 e. The minimum absolute atomic E-state index is 0.161. The predicted molar refractivity (Wildman–Crippen MR) is 118 cm³/mol. The summed E-state index contributed by atoms with van der Waals surface area (Å²) < 4.78 is 32.4. The van der Waals surface area contributed by atoms with Crippen LogP contribution < -0.4 is 9.62 Å². The van der Waals surface area contributed by atoms with Crippen molar-refractivity contribution in [3.05, 3.63) is 77.9 Å². The first-order valence-corrected chi connectivity index (χ1v) is 11.0. The highest BCUT2D eigenvalue weighted by molar-refractivity contribution is 7.93. The van der Waals surface area contributed by atoms with E-state index in [4.69, 9.17) is 0 Å². The quantitative estimate of drug-likeness (QED) is 0.631. The zero-order chi connectivity index (χ0) is 22.2. The molecule has 1 aliphatic rings. The molecule has 7 nitrogen and oxygen atoms in total. The molecular weight excluding hydrogens is 416 g/mol. The van der Waals surface area contributed by atoms with Crippen LogP contribution in [0.1, 0.15) is 15.9 Å². The minimum atomic E-state index is -3.92. The van der Waals surface area contributed by atoms with Gasteiger partial charge in [-0.3, -0.25) is 9.10 Å². The summed E-state index contributed by atoms with van der Waals surface area (Å²) in [6, 6.07) is 18.4. The van der Waals surface area contributed by atoms with Crippen molar-refractivity contribution in [1.82, 2.24) is 0 Å². The van der Waals surface area contributed by atoms with Crippen LogP contribution in [0.25, 0.3) is 11.1 Å². The first kappa shape index (κ1) is 20.6. The molecule has 0 bridgehead atoms. The van der Waals surface area contributed by atoms with Crippen molar-refractivity contribution in [3.63, 3.8) is 0 Å². The monoisotopic (exact) mass is 436 g/mol. The van der Waals surface area contributed by atoms with Crippen molar-refractivity contribution < 1.29 is 22.7 Å². The number of fused-ring (bicyclic) bond motifs is 3. The van der Waals surface area contributed by atoms with Crippen LogP contribution in [0.4, 0.5) is 11.4 Å². The lowest BCUT2D eigenvalue weighted by atomic mass is 10.0. The number of hydrogen-bond acceptors (Lipinski definition) is 5. The summed E-state index contributed by atoms with van der Waals surface area (Å²) in [5.41, 5.74) is 3.45. The maximum atomic E-state index is 13.3. The van der Waals surface area contributed by atoms with Crippen LogP contribution in [0.5, 0.6) is 0 Å². The van der Waals surface area contributed by atoms with Gasteiger partial charge < -0.3 is 10.1 Å². The van der Waals surface area contributed by atoms with Gasteiger partial charge in [0.1, 0.15) is 6.54 Å². The number of sulfonamides is 1. The minimum Gasteiger partial charge on any atom is -0.465 e. The number of nitrogens with zero attached hydrogens (tertiary/aromatic N) is 1. The first-order valence-electron chi connectivity index (χ1n) is 9.52. The van der Waals surface area contributed by atoms with Gasteiger partial charge in [-0.25, -0.2) is 13.2 Å². The average Bonchev–Trinajstić information content (AvgIpc) is 2.76. The molecule has 158 valence electrons. The number of ether oxygens (including phenoxy) is 1. The molecule has 0 atom stereocenters. The summed E-state index contributed by atoms with van der Waals surface area (Å²) in [7, 11) is -2.65. The number of carbonyl (C=O) groups excluding carboxylic acids is 2. The van der Waals surface area contributed by atoms with Gasteiger partial charge in [-0.05, 0) is 43.3 Å². The fraction of sp³-hybridized carbons (Fsp3) is 0.130. The number of esters is 1. The van der Waals surface area contributed by atoms with Crippen LogP contribution in [0.2, 0.25) is 0 Å². The number of anilines is 2. The Labute approximate surface area is 180 Å². The van der Waals surface area contributed by atoms with Crippen LogP contribution in [-0.2, 0) is 19.6 Å². The second kappa shape index (κ2) is 7.88.